The van der Waals surface area contributed by atoms with Crippen LogP contribution in [-0.2, 0) is 0 Å². The van der Waals surface area contributed by atoms with Crippen LogP contribution in [0.4, 0.5) is 5.82 Å². The number of aromatic amines is 1. The first-order valence-corrected chi connectivity index (χ1v) is 12.7. The Bertz CT molecular complexity index is 1900. The zero-order chi connectivity index (χ0) is 27.6. The number of aromatic nitrogens is 6. The Balaban J connectivity index is 1.55. The first kappa shape index (κ1) is 24.9. The molecule has 4 N–H and O–H groups in total. The summed E-state index contributed by atoms with van der Waals surface area (Å²) in [6.45, 7) is 2.01. The fourth-order valence-corrected chi connectivity index (χ4v) is 4.80. The third-order valence-electron chi connectivity index (χ3n) is 6.75. The maximum atomic E-state index is 14.4. The molecule has 0 aliphatic heterocycles. The van der Waals surface area contributed by atoms with E-state index in [2.05, 4.69) is 25.3 Å². The number of anilines is 1. The number of para-hydroxylation sites is 1. The van der Waals surface area contributed by atoms with E-state index in [1.165, 1.54) is 6.33 Å². The highest BCUT2D eigenvalue weighted by atomic mass is 16.5. The number of hydrogen-bond donors (Lipinski definition) is 4. The van der Waals surface area contributed by atoms with Crippen LogP contribution in [0.5, 0.6) is 0 Å². The van der Waals surface area contributed by atoms with E-state index in [9.17, 15) is 9.59 Å². The van der Waals surface area contributed by atoms with Crippen molar-refractivity contribution in [3.63, 3.8) is 0 Å². The van der Waals surface area contributed by atoms with Gasteiger partial charge in [-0.3, -0.25) is 19.4 Å². The van der Waals surface area contributed by atoms with E-state index in [4.69, 9.17) is 10.2 Å². The molecule has 0 spiro atoms. The minimum atomic E-state index is -0.615. The molecule has 1 atom stereocenters. The number of nitrogens with one attached hydrogen (secondary N) is 3. The summed E-state index contributed by atoms with van der Waals surface area (Å²) in [5.74, 6) is 0.449. The van der Waals surface area contributed by atoms with E-state index in [1.54, 1.807) is 40.6 Å². The molecule has 0 radical (unpaired) electrons. The molecule has 6 rings (SSSR count). The van der Waals surface area contributed by atoms with Crippen LogP contribution < -0.4 is 16.4 Å². The number of fused-ring (bicyclic) bond motifs is 2. The zero-order valence-corrected chi connectivity index (χ0v) is 21.4. The summed E-state index contributed by atoms with van der Waals surface area (Å²) in [5, 5.41) is 12.8. The van der Waals surface area contributed by atoms with Crippen LogP contribution in [0.1, 0.15) is 35.6 Å². The summed E-state index contributed by atoms with van der Waals surface area (Å²) in [5.41, 5.74) is 5.52. The molecular weight excluding hydrogens is 508 g/mol. The van der Waals surface area contributed by atoms with E-state index >= 15 is 0 Å². The average molecular weight is 533 g/mol. The molecular formula is C29H24N8O3. The minimum absolute atomic E-state index is 0.230. The van der Waals surface area contributed by atoms with Crippen molar-refractivity contribution in [3.05, 3.63) is 107 Å². The lowest BCUT2D eigenvalue weighted by Crippen LogP contribution is -2.28. The van der Waals surface area contributed by atoms with Gasteiger partial charge in [0.2, 0.25) is 0 Å². The lowest BCUT2D eigenvalue weighted by molar-refractivity contribution is 0.0706. The van der Waals surface area contributed by atoms with Crippen LogP contribution in [0.3, 0.4) is 0 Å². The second-order valence-electron chi connectivity index (χ2n) is 9.09. The van der Waals surface area contributed by atoms with Gasteiger partial charge < -0.3 is 10.3 Å². The van der Waals surface area contributed by atoms with Gasteiger partial charge >= 0.3 is 0 Å². The molecule has 3 aromatic carbocycles. The number of hydrogen-bond acceptors (Lipinski definition) is 8. The van der Waals surface area contributed by atoms with Crippen LogP contribution in [0, 0.1) is 0 Å². The summed E-state index contributed by atoms with van der Waals surface area (Å²) in [7, 11) is 0. The second-order valence-corrected chi connectivity index (χ2v) is 9.09. The molecule has 0 unspecified atom stereocenters. The van der Waals surface area contributed by atoms with E-state index in [-0.39, 0.29) is 11.6 Å². The number of H-pyrrole nitrogens is 1. The van der Waals surface area contributed by atoms with Crippen molar-refractivity contribution in [2.45, 2.75) is 19.4 Å². The van der Waals surface area contributed by atoms with Crippen molar-refractivity contribution in [1.82, 2.24) is 35.0 Å². The van der Waals surface area contributed by atoms with Gasteiger partial charge in [0.05, 0.1) is 29.0 Å². The van der Waals surface area contributed by atoms with Crippen LogP contribution in [0.25, 0.3) is 38.9 Å². The lowest BCUT2D eigenvalue weighted by Gasteiger charge is -2.22. The predicted molar refractivity (Wildman–Crippen MR) is 150 cm³/mol. The highest BCUT2D eigenvalue weighted by Gasteiger charge is 2.23. The average Bonchev–Trinajstić information content (AvgIpc) is 3.49. The number of nitrogens with zero attached hydrogens (tertiary/aromatic N) is 5. The van der Waals surface area contributed by atoms with Gasteiger partial charge in [0.15, 0.2) is 11.5 Å². The van der Waals surface area contributed by atoms with Gasteiger partial charge in [-0.2, -0.15) is 0 Å². The Morgan fingerprint density at radius 1 is 1.00 bits per heavy atom. The Morgan fingerprint density at radius 2 is 1.80 bits per heavy atom. The Kier molecular flexibility index (Phi) is 6.46. The summed E-state index contributed by atoms with van der Waals surface area (Å²) < 4.78 is 1.63. The van der Waals surface area contributed by atoms with Crippen LogP contribution >= 0.6 is 0 Å². The quantitative estimate of drug-likeness (QED) is 0.174. The number of imidazole rings is 1. The highest BCUT2D eigenvalue weighted by Crippen LogP contribution is 2.30. The standard InChI is InChI=1S/C29H24N8O3/c1-2-21(34-26-24-25(31-15-30-24)32-16-33-26)27-35-22-10-6-9-20(17-11-13-18(14-12-17)28(38)36-40)23(22)29(39)37(27)19-7-4-3-5-8-19/h3-16,21,40H,2H2,1H3,(H,36,38)(H2,30,31,32,33,34)/t21-/m0/s1. The van der Waals surface area contributed by atoms with Gasteiger partial charge in [-0.1, -0.05) is 49.4 Å². The van der Waals surface area contributed by atoms with Crippen LogP contribution in [0.15, 0.2) is 90.2 Å². The molecule has 0 saturated carbocycles. The largest absolute Gasteiger partial charge is 0.358 e. The lowest BCUT2D eigenvalue weighted by atomic mass is 9.99. The number of hydroxylamine groups is 1. The van der Waals surface area contributed by atoms with Gasteiger partial charge in [-0.05, 0) is 47.9 Å². The number of amides is 1. The van der Waals surface area contributed by atoms with Gasteiger partial charge in [-0.15, -0.1) is 0 Å². The molecule has 0 fully saturated rings. The summed E-state index contributed by atoms with van der Waals surface area (Å²) in [6, 6.07) is 21.2. The summed E-state index contributed by atoms with van der Waals surface area (Å²) >= 11 is 0. The van der Waals surface area contributed by atoms with Gasteiger partial charge in [0.1, 0.15) is 17.7 Å². The molecule has 6 aromatic rings. The normalized spacial score (nSPS) is 11.9. The zero-order valence-electron chi connectivity index (χ0n) is 21.4. The van der Waals surface area contributed by atoms with Crippen molar-refractivity contribution in [3.8, 4) is 16.8 Å². The SMILES string of the molecule is CC[C@H](Nc1ncnc2[nH]cnc12)c1nc2cccc(-c3ccc(C(=O)NO)cc3)c2c(=O)n1-c1ccccc1. The molecule has 3 aromatic heterocycles. The van der Waals surface area contributed by atoms with Crippen molar-refractivity contribution < 1.29 is 10.0 Å². The van der Waals surface area contributed by atoms with Crippen LogP contribution in [0.2, 0.25) is 0 Å². The molecule has 11 heteroatoms. The number of rotatable bonds is 7. The van der Waals surface area contributed by atoms with Crippen molar-refractivity contribution in [2.75, 3.05) is 5.32 Å². The van der Waals surface area contributed by atoms with Gasteiger partial charge in [-0.25, -0.2) is 25.4 Å². The van der Waals surface area contributed by atoms with Gasteiger partial charge in [0.25, 0.3) is 11.5 Å². The van der Waals surface area contributed by atoms with E-state index in [1.807, 2.05) is 55.5 Å². The van der Waals surface area contributed by atoms with Crippen molar-refractivity contribution >= 4 is 33.8 Å². The maximum Gasteiger partial charge on any atom is 0.274 e. The third-order valence-corrected chi connectivity index (χ3v) is 6.75. The van der Waals surface area contributed by atoms with Crippen molar-refractivity contribution in [2.24, 2.45) is 0 Å². The molecule has 11 nitrogen and oxygen atoms in total. The monoisotopic (exact) mass is 532 g/mol. The van der Waals surface area contributed by atoms with E-state index in [0.717, 1.165) is 5.56 Å². The Labute approximate surface area is 227 Å². The Morgan fingerprint density at radius 3 is 2.55 bits per heavy atom. The second kappa shape index (κ2) is 10.4. The fourth-order valence-electron chi connectivity index (χ4n) is 4.80. The molecule has 198 valence electrons. The first-order valence-electron chi connectivity index (χ1n) is 12.7. The van der Waals surface area contributed by atoms with Crippen LogP contribution in [-0.4, -0.2) is 40.6 Å². The number of benzene rings is 3. The first-order chi connectivity index (χ1) is 19.6. The third kappa shape index (κ3) is 4.33. The fraction of sp³-hybridized carbons (Fsp3) is 0.103. The summed E-state index contributed by atoms with van der Waals surface area (Å²) in [4.78, 5) is 47.1. The molecule has 0 aliphatic rings. The highest BCUT2D eigenvalue weighted by molar-refractivity contribution is 5.97. The number of carbonyl (C=O) groups excluding carboxylic acids is 1. The van der Waals surface area contributed by atoms with Crippen molar-refractivity contribution in [1.29, 1.82) is 0 Å². The van der Waals surface area contributed by atoms with Gasteiger partial charge in [0, 0.05) is 5.56 Å². The van der Waals surface area contributed by atoms with E-state index < -0.39 is 5.91 Å². The molecule has 1 amide bonds. The molecule has 40 heavy (non-hydrogen) atoms. The minimum Gasteiger partial charge on any atom is -0.358 e. The molecule has 0 saturated heterocycles. The Hall–Kier alpha value is -5.42. The summed E-state index contributed by atoms with van der Waals surface area (Å²) in [6.07, 6.45) is 3.62. The molecule has 0 aliphatic carbocycles. The predicted octanol–water partition coefficient (Wildman–Crippen LogP) is 4.40. The van der Waals surface area contributed by atoms with E-state index in [0.29, 0.717) is 56.9 Å². The molecule has 3 heterocycles. The smallest absolute Gasteiger partial charge is 0.274 e. The topological polar surface area (TPSA) is 151 Å². The molecule has 0 bridgehead atoms. The maximum absolute atomic E-state index is 14.4. The number of carbonyl (C=O) groups is 1.